The van der Waals surface area contributed by atoms with Gasteiger partial charge in [-0.15, -0.1) is 0 Å². The molecular formula is C15H19NS. The third kappa shape index (κ3) is 3.18. The van der Waals surface area contributed by atoms with Crippen molar-refractivity contribution >= 4 is 11.3 Å². The summed E-state index contributed by atoms with van der Waals surface area (Å²) in [5, 5.41) is 7.79. The van der Waals surface area contributed by atoms with E-state index in [0.717, 1.165) is 6.42 Å². The molecule has 1 aromatic carbocycles. The van der Waals surface area contributed by atoms with E-state index in [4.69, 9.17) is 0 Å². The Hall–Kier alpha value is -1.12. The molecule has 0 aliphatic rings. The van der Waals surface area contributed by atoms with E-state index in [1.54, 1.807) is 11.3 Å². The van der Waals surface area contributed by atoms with Crippen LogP contribution in [0.2, 0.25) is 0 Å². The van der Waals surface area contributed by atoms with Gasteiger partial charge < -0.3 is 5.32 Å². The van der Waals surface area contributed by atoms with E-state index in [2.05, 4.69) is 54.2 Å². The number of hydrogen-bond donors (Lipinski definition) is 1. The van der Waals surface area contributed by atoms with E-state index in [9.17, 15) is 0 Å². The molecule has 0 radical (unpaired) electrons. The molecule has 0 saturated carbocycles. The molecule has 1 atom stereocenters. The molecule has 1 heterocycles. The summed E-state index contributed by atoms with van der Waals surface area (Å²) in [5.74, 6) is 0. The van der Waals surface area contributed by atoms with Gasteiger partial charge in [0.15, 0.2) is 0 Å². The molecule has 0 saturated heterocycles. The molecule has 0 aliphatic carbocycles. The second kappa shape index (κ2) is 5.48. The van der Waals surface area contributed by atoms with Gasteiger partial charge in [0.2, 0.25) is 0 Å². The second-order valence-corrected chi connectivity index (χ2v) is 5.38. The lowest BCUT2D eigenvalue weighted by Gasteiger charge is -2.17. The average molecular weight is 245 g/mol. The summed E-state index contributed by atoms with van der Waals surface area (Å²) in [6, 6.07) is 9.39. The fourth-order valence-electron chi connectivity index (χ4n) is 2.24. The monoisotopic (exact) mass is 245 g/mol. The highest BCUT2D eigenvalue weighted by Gasteiger charge is 2.11. The molecule has 2 rings (SSSR count). The average Bonchev–Trinajstić information content (AvgIpc) is 2.77. The smallest absolute Gasteiger partial charge is 0.0358 e. The van der Waals surface area contributed by atoms with E-state index in [-0.39, 0.29) is 0 Å². The van der Waals surface area contributed by atoms with Gasteiger partial charge in [0.25, 0.3) is 0 Å². The van der Waals surface area contributed by atoms with Gasteiger partial charge in [0, 0.05) is 6.04 Å². The molecule has 0 amide bonds. The molecule has 1 unspecified atom stereocenters. The van der Waals surface area contributed by atoms with Crippen molar-refractivity contribution in [3.63, 3.8) is 0 Å². The van der Waals surface area contributed by atoms with E-state index in [1.165, 1.54) is 22.3 Å². The number of benzene rings is 1. The van der Waals surface area contributed by atoms with Gasteiger partial charge in [0.1, 0.15) is 0 Å². The Kier molecular flexibility index (Phi) is 3.97. The first-order valence-electron chi connectivity index (χ1n) is 5.95. The number of nitrogens with one attached hydrogen (secondary N) is 1. The maximum absolute atomic E-state index is 3.42. The zero-order valence-corrected chi connectivity index (χ0v) is 11.5. The highest BCUT2D eigenvalue weighted by atomic mass is 32.1. The molecule has 90 valence electrons. The molecule has 1 aromatic heterocycles. The van der Waals surface area contributed by atoms with Crippen LogP contribution >= 0.6 is 11.3 Å². The summed E-state index contributed by atoms with van der Waals surface area (Å²) in [4.78, 5) is 0. The summed E-state index contributed by atoms with van der Waals surface area (Å²) < 4.78 is 0. The number of hydrogen-bond acceptors (Lipinski definition) is 2. The minimum atomic E-state index is 0.406. The Morgan fingerprint density at radius 2 is 1.88 bits per heavy atom. The third-order valence-electron chi connectivity index (χ3n) is 3.01. The van der Waals surface area contributed by atoms with Gasteiger partial charge in [-0.25, -0.2) is 0 Å². The van der Waals surface area contributed by atoms with Crippen LogP contribution in [-0.4, -0.2) is 7.05 Å². The number of likely N-dealkylation sites (N-methyl/N-ethyl adjacent to an activating group) is 1. The maximum Gasteiger partial charge on any atom is 0.0358 e. The Bertz CT molecular complexity index is 453. The first kappa shape index (κ1) is 12.3. The van der Waals surface area contributed by atoms with Crippen molar-refractivity contribution in [2.45, 2.75) is 26.3 Å². The van der Waals surface area contributed by atoms with Crippen LogP contribution in [0, 0.1) is 13.8 Å². The lowest BCUT2D eigenvalue weighted by atomic mass is 9.97. The predicted octanol–water partition coefficient (Wildman–Crippen LogP) is 3.87. The van der Waals surface area contributed by atoms with Crippen molar-refractivity contribution < 1.29 is 0 Å². The molecule has 0 fully saturated rings. The Labute approximate surface area is 108 Å². The maximum atomic E-state index is 3.42. The van der Waals surface area contributed by atoms with Crippen LogP contribution in [0.15, 0.2) is 35.0 Å². The first-order valence-corrected chi connectivity index (χ1v) is 6.90. The molecule has 17 heavy (non-hydrogen) atoms. The Balaban J connectivity index is 2.22. The van der Waals surface area contributed by atoms with Gasteiger partial charge in [-0.1, -0.05) is 29.3 Å². The molecule has 0 aliphatic heterocycles. The van der Waals surface area contributed by atoms with Gasteiger partial charge in [-0.2, -0.15) is 11.3 Å². The van der Waals surface area contributed by atoms with Crippen molar-refractivity contribution in [3.8, 4) is 0 Å². The van der Waals surface area contributed by atoms with E-state index in [0.29, 0.717) is 6.04 Å². The van der Waals surface area contributed by atoms with Gasteiger partial charge in [0.05, 0.1) is 0 Å². The van der Waals surface area contributed by atoms with Crippen LogP contribution in [0.4, 0.5) is 0 Å². The largest absolute Gasteiger partial charge is 0.313 e. The van der Waals surface area contributed by atoms with Crippen LogP contribution in [-0.2, 0) is 6.42 Å². The standard InChI is InChI=1S/C15H19NS/c1-11-6-12(2)8-14(7-11)15(16-3)9-13-4-5-17-10-13/h4-8,10,15-16H,9H2,1-3H3. The minimum Gasteiger partial charge on any atom is -0.313 e. The van der Waals surface area contributed by atoms with Crippen LogP contribution in [0.3, 0.4) is 0 Å². The SMILES string of the molecule is CNC(Cc1ccsc1)c1cc(C)cc(C)c1. The molecular weight excluding hydrogens is 226 g/mol. The van der Waals surface area contributed by atoms with Gasteiger partial charge in [-0.05, 0) is 55.3 Å². The minimum absolute atomic E-state index is 0.406. The quantitative estimate of drug-likeness (QED) is 0.862. The highest BCUT2D eigenvalue weighted by molar-refractivity contribution is 7.07. The second-order valence-electron chi connectivity index (χ2n) is 4.60. The highest BCUT2D eigenvalue weighted by Crippen LogP contribution is 2.21. The normalized spacial score (nSPS) is 12.6. The first-order chi connectivity index (χ1) is 8.19. The van der Waals surface area contributed by atoms with Gasteiger partial charge >= 0.3 is 0 Å². The number of thiophene rings is 1. The summed E-state index contributed by atoms with van der Waals surface area (Å²) >= 11 is 1.77. The molecule has 0 bridgehead atoms. The number of aryl methyl sites for hydroxylation is 2. The molecule has 2 aromatic rings. The third-order valence-corrected chi connectivity index (χ3v) is 3.75. The summed E-state index contributed by atoms with van der Waals surface area (Å²) in [6.45, 7) is 4.32. The Morgan fingerprint density at radius 3 is 2.41 bits per heavy atom. The van der Waals surface area contributed by atoms with E-state index < -0.39 is 0 Å². The number of rotatable bonds is 4. The van der Waals surface area contributed by atoms with Crippen molar-refractivity contribution in [1.29, 1.82) is 0 Å². The van der Waals surface area contributed by atoms with Crippen molar-refractivity contribution in [1.82, 2.24) is 5.32 Å². The zero-order chi connectivity index (χ0) is 12.3. The lowest BCUT2D eigenvalue weighted by molar-refractivity contribution is 0.592. The predicted molar refractivity (Wildman–Crippen MR) is 75.7 cm³/mol. The van der Waals surface area contributed by atoms with Crippen LogP contribution in [0.5, 0.6) is 0 Å². The van der Waals surface area contributed by atoms with Crippen molar-refractivity contribution in [3.05, 3.63) is 57.3 Å². The van der Waals surface area contributed by atoms with Crippen molar-refractivity contribution in [2.24, 2.45) is 0 Å². The Morgan fingerprint density at radius 1 is 1.18 bits per heavy atom. The van der Waals surface area contributed by atoms with E-state index >= 15 is 0 Å². The summed E-state index contributed by atoms with van der Waals surface area (Å²) in [5.41, 5.74) is 5.47. The van der Waals surface area contributed by atoms with Crippen LogP contribution in [0.25, 0.3) is 0 Å². The summed E-state index contributed by atoms with van der Waals surface area (Å²) in [6.07, 6.45) is 1.06. The fourth-order valence-corrected chi connectivity index (χ4v) is 2.92. The molecule has 1 nitrogen and oxygen atoms in total. The van der Waals surface area contributed by atoms with E-state index in [1.807, 2.05) is 7.05 Å². The van der Waals surface area contributed by atoms with Gasteiger partial charge in [-0.3, -0.25) is 0 Å². The molecule has 0 spiro atoms. The summed E-state index contributed by atoms with van der Waals surface area (Å²) in [7, 11) is 2.04. The topological polar surface area (TPSA) is 12.0 Å². The van der Waals surface area contributed by atoms with Crippen LogP contribution < -0.4 is 5.32 Å². The molecule has 1 N–H and O–H groups in total. The van der Waals surface area contributed by atoms with Crippen molar-refractivity contribution in [2.75, 3.05) is 7.05 Å². The fraction of sp³-hybridized carbons (Fsp3) is 0.333. The lowest BCUT2D eigenvalue weighted by Crippen LogP contribution is -2.18. The molecule has 2 heteroatoms. The zero-order valence-electron chi connectivity index (χ0n) is 10.7. The van der Waals surface area contributed by atoms with Crippen LogP contribution in [0.1, 0.15) is 28.3 Å².